The Kier molecular flexibility index (Phi) is 7.23. The molecule has 0 amide bonds. The van der Waals surface area contributed by atoms with Gasteiger partial charge in [-0.2, -0.15) is 30.9 Å². The zero-order valence-electron chi connectivity index (χ0n) is 13.3. The third-order valence-corrected chi connectivity index (χ3v) is 6.43. The minimum atomic E-state index is -6.72. The molecule has 0 aliphatic rings. The summed E-state index contributed by atoms with van der Waals surface area (Å²) in [6.07, 6.45) is 1.20. The Morgan fingerprint density at radius 2 is 1.44 bits per heavy atom. The molecular weight excluding hydrogens is 446 g/mol. The molecule has 0 fully saturated rings. The van der Waals surface area contributed by atoms with Crippen molar-refractivity contribution in [2.75, 3.05) is 0 Å². The third kappa shape index (κ3) is 6.02. The van der Waals surface area contributed by atoms with Gasteiger partial charge < -0.3 is 4.13 Å². The lowest BCUT2D eigenvalue weighted by Crippen LogP contribution is -2.30. The topological polar surface area (TPSA) is 86.3 Å². The number of fused-ring (bicyclic) bond motifs is 1. The van der Waals surface area contributed by atoms with E-state index in [9.17, 15) is 43.2 Å². The molecule has 0 unspecified atom stereocenters. The summed E-state index contributed by atoms with van der Waals surface area (Å²) in [4.78, 5) is 0. The van der Waals surface area contributed by atoms with Crippen LogP contribution >= 0.6 is 11.3 Å². The van der Waals surface area contributed by atoms with Crippen LogP contribution in [0.2, 0.25) is 0 Å². The van der Waals surface area contributed by atoms with Crippen molar-refractivity contribution in [3.05, 3.63) is 33.9 Å². The van der Waals surface area contributed by atoms with Crippen LogP contribution in [0.5, 0.6) is 0 Å². The molecule has 0 saturated carbocycles. The van der Waals surface area contributed by atoms with Crippen LogP contribution < -0.4 is 4.57 Å². The molecule has 0 bridgehead atoms. The minimum Gasteiger partial charge on any atom is -0.421 e. The van der Waals surface area contributed by atoms with Gasteiger partial charge in [-0.25, -0.2) is 16.8 Å². The second-order valence-electron chi connectivity index (χ2n) is 4.80. The first-order valence-electron chi connectivity index (χ1n) is 6.85. The first-order valence-corrected chi connectivity index (χ1v) is 10.6. The fourth-order valence-electron chi connectivity index (χ4n) is 1.60. The van der Waals surface area contributed by atoms with Gasteiger partial charge in [0.25, 0.3) is 0 Å². The van der Waals surface area contributed by atoms with Gasteiger partial charge in [0.15, 0.2) is 20.0 Å². The lowest BCUT2D eigenvalue weighted by Gasteiger charge is -2.22. The molecule has 15 heteroatoms. The van der Waals surface area contributed by atoms with Crippen LogP contribution in [0, 0.1) is 0 Å². The molecule has 2 aromatic rings. The number of halogens is 6. The molecule has 6 nitrogen and oxygen atoms in total. The molecule has 0 aliphatic carbocycles. The molecule has 0 aliphatic heterocycles. The van der Waals surface area contributed by atoms with Gasteiger partial charge in [-0.3, -0.25) is 0 Å². The quantitative estimate of drug-likeness (QED) is 0.517. The Morgan fingerprint density at radius 3 is 1.89 bits per heavy atom. The van der Waals surface area contributed by atoms with Crippen molar-refractivity contribution in [1.82, 2.24) is 0 Å². The Hall–Kier alpha value is -1.45. The van der Waals surface area contributed by atoms with Gasteiger partial charge in [0, 0.05) is 12.5 Å². The number of alkyl halides is 6. The summed E-state index contributed by atoms with van der Waals surface area (Å²) in [6, 6.07) is 8.55. The van der Waals surface area contributed by atoms with Crippen LogP contribution in [0.25, 0.3) is 14.3 Å². The second-order valence-corrected chi connectivity index (χ2v) is 9.11. The minimum absolute atomic E-state index is 0.778. The summed E-state index contributed by atoms with van der Waals surface area (Å²) in [6.45, 7) is 3.34. The van der Waals surface area contributed by atoms with E-state index in [2.05, 4.69) is 41.3 Å². The summed E-state index contributed by atoms with van der Waals surface area (Å²) < 4.78 is 113. The van der Waals surface area contributed by atoms with E-state index < -0.39 is 31.1 Å². The fraction of sp³-hybridized carbons (Fsp3) is 0.417. The Balaban J connectivity index is 0.000000274. The van der Waals surface area contributed by atoms with Gasteiger partial charge in [-0.1, -0.05) is 30.4 Å². The smallest absolute Gasteiger partial charge is 0.421 e. The predicted molar refractivity (Wildman–Crippen MR) is 85.6 cm³/mol. The van der Waals surface area contributed by atoms with Crippen LogP contribution in [-0.2, 0) is 26.6 Å². The van der Waals surface area contributed by atoms with Crippen molar-refractivity contribution in [3.8, 4) is 0 Å². The number of sulfonamides is 2. The molecule has 27 heavy (non-hydrogen) atoms. The maximum absolute atomic E-state index is 11.4. The maximum Gasteiger partial charge on any atom is 0.480 e. The van der Waals surface area contributed by atoms with Crippen LogP contribution in [0.1, 0.15) is 13.3 Å². The highest BCUT2D eigenvalue weighted by Gasteiger charge is 2.46. The van der Waals surface area contributed by atoms with E-state index in [0.717, 1.165) is 10.7 Å². The highest BCUT2D eigenvalue weighted by atomic mass is 32.3. The van der Waals surface area contributed by atoms with Crippen LogP contribution in [0.4, 0.5) is 26.3 Å². The average molecular weight is 458 g/mol. The predicted octanol–water partition coefficient (Wildman–Crippen LogP) is 3.66. The summed E-state index contributed by atoms with van der Waals surface area (Å²) in [5, 5.41) is 0. The lowest BCUT2D eigenvalue weighted by molar-refractivity contribution is -0.667. The van der Waals surface area contributed by atoms with Crippen molar-refractivity contribution in [2.24, 2.45) is 0 Å². The molecule has 0 radical (unpaired) electrons. The highest BCUT2D eigenvalue weighted by Crippen LogP contribution is 2.36. The standard InChI is InChI=1S/C10H12NS.C2F6NO4S2/c1-2-7-11-8-12-10-6-4-3-5-9(10)11;3-1(4,5)14(10,11)9-15(12,13)2(6,7)8/h3-6,8H,2,7H2,1H3;/q+1;-1. The first-order chi connectivity index (χ1) is 12.1. The van der Waals surface area contributed by atoms with Gasteiger partial charge in [0.05, 0.1) is 0 Å². The second kappa shape index (κ2) is 8.28. The normalized spacial score (nSPS) is 13.3. The molecule has 154 valence electrons. The molecule has 2 rings (SSSR count). The summed E-state index contributed by atoms with van der Waals surface area (Å²) >= 11 is 1.82. The molecule has 0 N–H and O–H groups in total. The summed E-state index contributed by atoms with van der Waals surface area (Å²) in [5.74, 6) is 0. The monoisotopic (exact) mass is 458 g/mol. The number of para-hydroxylation sites is 1. The van der Waals surface area contributed by atoms with Crippen molar-refractivity contribution < 1.29 is 47.7 Å². The summed E-state index contributed by atoms with van der Waals surface area (Å²) in [7, 11) is -13.4. The lowest BCUT2D eigenvalue weighted by atomic mass is 10.3. The molecule has 0 spiro atoms. The number of hydrogen-bond acceptors (Lipinski definition) is 5. The molecule has 1 aromatic carbocycles. The number of benzene rings is 1. The van der Waals surface area contributed by atoms with E-state index in [0.29, 0.717) is 0 Å². The first kappa shape index (κ1) is 23.6. The molecule has 1 aromatic heterocycles. The largest absolute Gasteiger partial charge is 0.480 e. The number of aromatic nitrogens is 1. The van der Waals surface area contributed by atoms with E-state index in [1.807, 2.05) is 11.3 Å². The van der Waals surface area contributed by atoms with Crippen LogP contribution in [0.15, 0.2) is 29.8 Å². The van der Waals surface area contributed by atoms with Gasteiger partial charge in [-0.05, 0) is 6.07 Å². The summed E-state index contributed by atoms with van der Waals surface area (Å²) in [5.41, 5.74) is -8.84. The molecule has 1 heterocycles. The highest BCUT2D eigenvalue weighted by molar-refractivity contribution is 8.13. The Morgan fingerprint density at radius 1 is 0.963 bits per heavy atom. The Bertz CT molecular complexity index is 938. The van der Waals surface area contributed by atoms with Crippen molar-refractivity contribution in [1.29, 1.82) is 0 Å². The number of rotatable bonds is 4. The van der Waals surface area contributed by atoms with E-state index in [1.54, 1.807) is 0 Å². The number of aryl methyl sites for hydroxylation is 1. The number of nitrogens with zero attached hydrogens (tertiary/aromatic N) is 2. The average Bonchev–Trinajstić information content (AvgIpc) is 2.88. The van der Waals surface area contributed by atoms with Crippen LogP contribution in [0.3, 0.4) is 0 Å². The van der Waals surface area contributed by atoms with E-state index in [4.69, 9.17) is 0 Å². The number of hydrogen-bond donors (Lipinski definition) is 0. The van der Waals surface area contributed by atoms with Gasteiger partial charge in [-0.15, -0.1) is 0 Å². The van der Waals surface area contributed by atoms with Crippen molar-refractivity contribution in [2.45, 2.75) is 30.9 Å². The maximum atomic E-state index is 11.4. The molecule has 0 atom stereocenters. The molecule has 0 saturated heterocycles. The fourth-order valence-corrected chi connectivity index (χ4v) is 4.23. The van der Waals surface area contributed by atoms with Crippen LogP contribution in [-0.4, -0.2) is 27.9 Å². The van der Waals surface area contributed by atoms with Crippen molar-refractivity contribution >= 4 is 41.6 Å². The Labute approximate surface area is 154 Å². The van der Waals surface area contributed by atoms with Crippen molar-refractivity contribution in [3.63, 3.8) is 0 Å². The van der Waals surface area contributed by atoms with E-state index >= 15 is 0 Å². The van der Waals surface area contributed by atoms with E-state index in [1.165, 1.54) is 16.6 Å². The van der Waals surface area contributed by atoms with Gasteiger partial charge in [0.1, 0.15) is 11.2 Å². The molecular formula is C12H12F6N2O4S3. The zero-order chi connectivity index (χ0) is 21.1. The van der Waals surface area contributed by atoms with Gasteiger partial charge in [0.2, 0.25) is 11.0 Å². The zero-order valence-corrected chi connectivity index (χ0v) is 15.8. The number of thiazole rings is 1. The SMILES string of the molecule is CCC[n+]1csc2ccccc21.O=S(=O)([N-]S(=O)(=O)C(F)(F)F)C(F)(F)F. The van der Waals surface area contributed by atoms with Gasteiger partial charge >= 0.3 is 11.0 Å². The van der Waals surface area contributed by atoms with E-state index in [-0.39, 0.29) is 0 Å². The third-order valence-electron chi connectivity index (χ3n) is 2.73.